The normalized spacial score (nSPS) is 18.6. The van der Waals surface area contributed by atoms with Gasteiger partial charge in [-0.3, -0.25) is 14.5 Å². The van der Waals surface area contributed by atoms with Gasteiger partial charge in [0, 0.05) is 46.4 Å². The number of H-pyrrole nitrogens is 1. The van der Waals surface area contributed by atoms with E-state index in [4.69, 9.17) is 4.74 Å². The van der Waals surface area contributed by atoms with E-state index in [9.17, 15) is 14.0 Å². The Morgan fingerprint density at radius 2 is 1.88 bits per heavy atom. The zero-order chi connectivity index (χ0) is 28.6. The molecule has 3 unspecified atom stereocenters. The van der Waals surface area contributed by atoms with Gasteiger partial charge >= 0.3 is 0 Å². The van der Waals surface area contributed by atoms with E-state index in [0.717, 1.165) is 52.8 Å². The van der Waals surface area contributed by atoms with Crippen molar-refractivity contribution >= 4 is 16.7 Å². The van der Waals surface area contributed by atoms with E-state index >= 15 is 0 Å². The number of halogens is 1. The highest BCUT2D eigenvalue weighted by atomic mass is 19.1. The molecule has 0 spiro atoms. The number of piperidine rings is 1. The van der Waals surface area contributed by atoms with Crippen molar-refractivity contribution in [3.05, 3.63) is 98.8 Å². The van der Waals surface area contributed by atoms with Crippen LogP contribution in [0.4, 0.5) is 4.39 Å². The molecule has 2 aromatic heterocycles. The zero-order valence-corrected chi connectivity index (χ0v) is 24.0. The fourth-order valence-electron chi connectivity index (χ4n) is 6.57. The summed E-state index contributed by atoms with van der Waals surface area (Å²) in [6.45, 7) is 7.05. The largest absolute Gasteiger partial charge is 0.496 e. The second kappa shape index (κ2) is 11.4. The SMILES string of the molecule is COc1cc(C)[nH]c(=O)c1CCC(=O)c1c(C)n(C(C)C2CCN(C)C(c3ccc(F)cc3)C2)c2ccccc12. The molecule has 3 atom stereocenters. The van der Waals surface area contributed by atoms with Gasteiger partial charge in [0.25, 0.3) is 5.56 Å². The van der Waals surface area contributed by atoms with Gasteiger partial charge in [-0.1, -0.05) is 30.3 Å². The number of hydrogen-bond donors (Lipinski definition) is 1. The van der Waals surface area contributed by atoms with Crippen LogP contribution in [-0.2, 0) is 6.42 Å². The predicted molar refractivity (Wildman–Crippen MR) is 157 cm³/mol. The van der Waals surface area contributed by atoms with E-state index in [1.807, 2.05) is 44.2 Å². The molecule has 5 rings (SSSR count). The molecule has 4 aromatic rings. The highest BCUT2D eigenvalue weighted by molar-refractivity contribution is 6.09. The number of benzene rings is 2. The average molecular weight is 544 g/mol. The van der Waals surface area contributed by atoms with E-state index in [0.29, 0.717) is 23.7 Å². The van der Waals surface area contributed by atoms with Crippen LogP contribution in [0.15, 0.2) is 59.4 Å². The minimum Gasteiger partial charge on any atom is -0.496 e. The lowest BCUT2D eigenvalue weighted by Crippen LogP contribution is -2.36. The molecule has 40 heavy (non-hydrogen) atoms. The number of likely N-dealkylation sites (tertiary alicyclic amines) is 1. The number of aromatic nitrogens is 2. The van der Waals surface area contributed by atoms with Gasteiger partial charge in [-0.05, 0) is 89.4 Å². The number of nitrogens with zero attached hydrogens (tertiary/aromatic N) is 2. The number of carbonyl (C=O) groups is 1. The van der Waals surface area contributed by atoms with Crippen molar-refractivity contribution in [2.45, 2.75) is 58.5 Å². The average Bonchev–Trinajstić information content (AvgIpc) is 3.24. The molecule has 1 saturated heterocycles. The second-order valence-corrected chi connectivity index (χ2v) is 11.2. The number of aryl methyl sites for hydroxylation is 1. The molecule has 6 nitrogen and oxygen atoms in total. The molecule has 1 aliphatic rings. The zero-order valence-electron chi connectivity index (χ0n) is 24.0. The number of carbonyl (C=O) groups excluding carboxylic acids is 1. The summed E-state index contributed by atoms with van der Waals surface area (Å²) in [5.41, 5.74) is 4.88. The van der Waals surface area contributed by atoms with Gasteiger partial charge in [0.1, 0.15) is 11.6 Å². The first-order valence-corrected chi connectivity index (χ1v) is 14.0. The molecule has 0 aliphatic carbocycles. The summed E-state index contributed by atoms with van der Waals surface area (Å²) in [5, 5.41) is 0.949. The number of Topliss-reactive ketones (excluding diaryl/α,β-unsaturated/α-hetero) is 1. The van der Waals surface area contributed by atoms with Crippen LogP contribution in [0.25, 0.3) is 10.9 Å². The molecule has 0 bridgehead atoms. The second-order valence-electron chi connectivity index (χ2n) is 11.2. The molecule has 210 valence electrons. The fourth-order valence-corrected chi connectivity index (χ4v) is 6.57. The number of fused-ring (bicyclic) bond motifs is 1. The number of ketones is 1. The number of aromatic amines is 1. The summed E-state index contributed by atoms with van der Waals surface area (Å²) in [4.78, 5) is 31.5. The van der Waals surface area contributed by atoms with E-state index in [-0.39, 0.29) is 35.7 Å². The van der Waals surface area contributed by atoms with E-state index in [1.165, 1.54) is 12.1 Å². The van der Waals surface area contributed by atoms with Crippen LogP contribution in [0, 0.1) is 25.6 Å². The maximum Gasteiger partial charge on any atom is 0.255 e. The first-order chi connectivity index (χ1) is 19.2. The van der Waals surface area contributed by atoms with Crippen LogP contribution in [0.3, 0.4) is 0 Å². The molecular weight excluding hydrogens is 505 g/mol. The van der Waals surface area contributed by atoms with Crippen molar-refractivity contribution in [3.63, 3.8) is 0 Å². The smallest absolute Gasteiger partial charge is 0.255 e. The Labute approximate surface area is 234 Å². The Balaban J connectivity index is 1.44. The number of ether oxygens (including phenoxy) is 1. The predicted octanol–water partition coefficient (Wildman–Crippen LogP) is 6.55. The van der Waals surface area contributed by atoms with Crippen molar-refractivity contribution in [2.24, 2.45) is 5.92 Å². The van der Waals surface area contributed by atoms with Gasteiger partial charge in [0.15, 0.2) is 5.78 Å². The summed E-state index contributed by atoms with van der Waals surface area (Å²) in [7, 11) is 3.68. The Morgan fingerprint density at radius 3 is 2.60 bits per heavy atom. The summed E-state index contributed by atoms with van der Waals surface area (Å²) >= 11 is 0. The third kappa shape index (κ3) is 5.22. The minimum atomic E-state index is -0.218. The summed E-state index contributed by atoms with van der Waals surface area (Å²) in [6, 6.07) is 17.2. The lowest BCUT2D eigenvalue weighted by molar-refractivity contribution is 0.0982. The van der Waals surface area contributed by atoms with Gasteiger partial charge in [-0.25, -0.2) is 4.39 Å². The molecule has 3 heterocycles. The number of hydrogen-bond acceptors (Lipinski definition) is 4. The van der Waals surface area contributed by atoms with Crippen molar-refractivity contribution in [2.75, 3.05) is 20.7 Å². The molecule has 1 N–H and O–H groups in total. The third-order valence-corrected chi connectivity index (χ3v) is 8.74. The molecule has 1 aliphatic heterocycles. The van der Waals surface area contributed by atoms with Crippen LogP contribution < -0.4 is 10.3 Å². The summed E-state index contributed by atoms with van der Waals surface area (Å²) in [5.74, 6) is 0.706. The van der Waals surface area contributed by atoms with Crippen molar-refractivity contribution in [1.82, 2.24) is 14.5 Å². The number of pyridine rings is 1. The molecule has 2 aromatic carbocycles. The maximum atomic E-state index is 13.7. The van der Waals surface area contributed by atoms with Crippen LogP contribution in [0.2, 0.25) is 0 Å². The topological polar surface area (TPSA) is 67.3 Å². The number of rotatable bonds is 8. The molecule has 0 saturated carbocycles. The van der Waals surface area contributed by atoms with Crippen molar-refractivity contribution in [3.8, 4) is 5.75 Å². The van der Waals surface area contributed by atoms with Crippen LogP contribution >= 0.6 is 0 Å². The summed E-state index contributed by atoms with van der Waals surface area (Å²) < 4.78 is 21.4. The highest BCUT2D eigenvalue weighted by Gasteiger charge is 2.33. The maximum absolute atomic E-state index is 13.7. The lowest BCUT2D eigenvalue weighted by Gasteiger charge is -2.40. The van der Waals surface area contributed by atoms with Gasteiger partial charge in [0.05, 0.1) is 12.7 Å². The Kier molecular flexibility index (Phi) is 7.95. The quantitative estimate of drug-likeness (QED) is 0.256. The summed E-state index contributed by atoms with van der Waals surface area (Å²) in [6.07, 6.45) is 2.52. The van der Waals surface area contributed by atoms with Gasteiger partial charge in [-0.2, -0.15) is 0 Å². The van der Waals surface area contributed by atoms with E-state index < -0.39 is 0 Å². The minimum absolute atomic E-state index is 0.0224. The number of nitrogens with one attached hydrogen (secondary N) is 1. The van der Waals surface area contributed by atoms with Crippen LogP contribution in [0.5, 0.6) is 5.75 Å². The Bertz CT molecular complexity index is 1590. The highest BCUT2D eigenvalue weighted by Crippen LogP contribution is 2.41. The van der Waals surface area contributed by atoms with Crippen LogP contribution in [0.1, 0.15) is 71.1 Å². The molecular formula is C33H38FN3O3. The molecule has 1 fully saturated rings. The molecule has 0 amide bonds. The number of methoxy groups -OCH3 is 1. The van der Waals surface area contributed by atoms with Gasteiger partial charge < -0.3 is 14.3 Å². The Hall–Kier alpha value is -3.71. The lowest BCUT2D eigenvalue weighted by atomic mass is 9.83. The van der Waals surface area contributed by atoms with Gasteiger partial charge in [-0.15, -0.1) is 0 Å². The number of para-hydroxylation sites is 1. The third-order valence-electron chi connectivity index (χ3n) is 8.74. The molecule has 0 radical (unpaired) electrons. The standard InChI is InChI=1S/C33H38FN3O3/c1-20-18-31(40-5)27(33(39)35-20)14-15-30(38)32-22(3)37(28-9-7-6-8-26(28)32)21(2)24-16-17-36(4)29(19-24)23-10-12-25(34)13-11-23/h6-13,18,21,24,29H,14-17,19H2,1-5H3,(H,35,39). The molecule has 7 heteroatoms. The monoisotopic (exact) mass is 543 g/mol. The van der Waals surface area contributed by atoms with E-state index in [1.54, 1.807) is 13.2 Å². The first kappa shape index (κ1) is 27.8. The fraction of sp³-hybridized carbons (Fsp3) is 0.394. The van der Waals surface area contributed by atoms with Crippen molar-refractivity contribution < 1.29 is 13.9 Å². The Morgan fingerprint density at radius 1 is 1.15 bits per heavy atom. The van der Waals surface area contributed by atoms with E-state index in [2.05, 4.69) is 34.5 Å². The first-order valence-electron chi connectivity index (χ1n) is 14.0. The van der Waals surface area contributed by atoms with Gasteiger partial charge in [0.2, 0.25) is 0 Å². The van der Waals surface area contributed by atoms with Crippen molar-refractivity contribution in [1.29, 1.82) is 0 Å². The van der Waals surface area contributed by atoms with Crippen LogP contribution in [-0.4, -0.2) is 40.9 Å².